The Bertz CT molecular complexity index is 733. The normalized spacial score (nSPS) is 17.1. The first kappa shape index (κ1) is 20.8. The topological polar surface area (TPSA) is 49.3 Å². The molecule has 0 radical (unpaired) electrons. The van der Waals surface area contributed by atoms with Crippen LogP contribution in [0.2, 0.25) is 0 Å². The van der Waals surface area contributed by atoms with E-state index in [-0.39, 0.29) is 6.04 Å². The van der Waals surface area contributed by atoms with Gasteiger partial charge in [0.1, 0.15) is 5.82 Å². The van der Waals surface area contributed by atoms with Gasteiger partial charge in [-0.05, 0) is 18.9 Å². The van der Waals surface area contributed by atoms with Crippen molar-refractivity contribution >= 4 is 22.6 Å². The number of amides is 1. The van der Waals surface area contributed by atoms with Gasteiger partial charge in [0.2, 0.25) is 11.0 Å². The summed E-state index contributed by atoms with van der Waals surface area (Å²) in [7, 11) is 0. The molecule has 28 heavy (non-hydrogen) atoms. The molecule has 1 aliphatic rings. The number of carbonyl (C=O) groups is 1. The molecule has 1 saturated heterocycles. The van der Waals surface area contributed by atoms with Crippen LogP contribution in [0.5, 0.6) is 0 Å². The lowest BCUT2D eigenvalue weighted by Gasteiger charge is -2.39. The van der Waals surface area contributed by atoms with Crippen LogP contribution < -0.4 is 4.90 Å². The molecule has 1 aromatic heterocycles. The smallest absolute Gasteiger partial charge is 0.222 e. The van der Waals surface area contributed by atoms with Crippen LogP contribution in [-0.4, -0.2) is 45.8 Å². The molecule has 2 aromatic rings. The predicted molar refractivity (Wildman–Crippen MR) is 116 cm³/mol. The zero-order valence-corrected chi connectivity index (χ0v) is 18.0. The van der Waals surface area contributed by atoms with Crippen molar-refractivity contribution in [3.05, 3.63) is 41.7 Å². The Labute approximate surface area is 172 Å². The number of aromatic nitrogens is 2. The van der Waals surface area contributed by atoms with E-state index in [1.54, 1.807) is 0 Å². The highest BCUT2D eigenvalue weighted by atomic mass is 32.1. The van der Waals surface area contributed by atoms with E-state index < -0.39 is 0 Å². The fourth-order valence-corrected chi connectivity index (χ4v) is 4.47. The van der Waals surface area contributed by atoms with Gasteiger partial charge in [0.25, 0.3) is 0 Å². The monoisotopic (exact) mass is 400 g/mol. The van der Waals surface area contributed by atoms with Crippen molar-refractivity contribution in [2.24, 2.45) is 0 Å². The van der Waals surface area contributed by atoms with Gasteiger partial charge in [-0.15, -0.1) is 0 Å². The highest BCUT2D eigenvalue weighted by Gasteiger charge is 2.28. The van der Waals surface area contributed by atoms with Crippen molar-refractivity contribution in [2.75, 3.05) is 24.5 Å². The van der Waals surface area contributed by atoms with E-state index >= 15 is 0 Å². The average molecular weight is 401 g/mol. The molecular weight excluding hydrogens is 368 g/mol. The summed E-state index contributed by atoms with van der Waals surface area (Å²) in [4.78, 5) is 21.7. The summed E-state index contributed by atoms with van der Waals surface area (Å²) in [6.07, 6.45) is 7.41. The van der Waals surface area contributed by atoms with E-state index in [4.69, 9.17) is 4.98 Å². The van der Waals surface area contributed by atoms with Crippen LogP contribution >= 0.6 is 11.5 Å². The minimum atomic E-state index is 0.221. The molecule has 2 heterocycles. The third-order valence-corrected chi connectivity index (χ3v) is 6.19. The molecule has 0 N–H and O–H groups in total. The second-order valence-corrected chi connectivity index (χ2v) is 8.43. The van der Waals surface area contributed by atoms with Crippen molar-refractivity contribution in [2.45, 2.75) is 64.8 Å². The van der Waals surface area contributed by atoms with Gasteiger partial charge in [0, 0.05) is 50.1 Å². The van der Waals surface area contributed by atoms with Crippen LogP contribution in [0.1, 0.15) is 63.8 Å². The summed E-state index contributed by atoms with van der Waals surface area (Å²) >= 11 is 1.47. The molecule has 1 fully saturated rings. The van der Waals surface area contributed by atoms with Crippen LogP contribution in [0, 0.1) is 0 Å². The van der Waals surface area contributed by atoms with Crippen LogP contribution in [0.25, 0.3) is 0 Å². The SMILES string of the molecule is CCCCCCCC(=O)N1CCN(c2nc(Cc3ccccc3)ns2)CC1C. The summed E-state index contributed by atoms with van der Waals surface area (Å²) in [5.41, 5.74) is 1.23. The van der Waals surface area contributed by atoms with Crippen LogP contribution in [0.3, 0.4) is 0 Å². The van der Waals surface area contributed by atoms with Gasteiger partial charge < -0.3 is 9.80 Å². The number of nitrogens with zero attached hydrogens (tertiary/aromatic N) is 4. The largest absolute Gasteiger partial charge is 0.343 e. The maximum atomic E-state index is 12.6. The maximum absolute atomic E-state index is 12.6. The van der Waals surface area contributed by atoms with Crippen LogP contribution in [-0.2, 0) is 11.2 Å². The van der Waals surface area contributed by atoms with Gasteiger partial charge in [-0.2, -0.15) is 4.37 Å². The van der Waals surface area contributed by atoms with E-state index in [1.165, 1.54) is 42.8 Å². The number of hydrogen-bond acceptors (Lipinski definition) is 5. The van der Waals surface area contributed by atoms with E-state index in [9.17, 15) is 4.79 Å². The second-order valence-electron chi connectivity index (χ2n) is 7.70. The highest BCUT2D eigenvalue weighted by Crippen LogP contribution is 2.23. The minimum Gasteiger partial charge on any atom is -0.343 e. The number of anilines is 1. The maximum Gasteiger partial charge on any atom is 0.222 e. The molecule has 0 spiro atoms. The molecule has 3 rings (SSSR count). The van der Waals surface area contributed by atoms with Gasteiger partial charge in [0.05, 0.1) is 0 Å². The number of rotatable bonds is 9. The van der Waals surface area contributed by atoms with E-state index in [0.29, 0.717) is 12.3 Å². The van der Waals surface area contributed by atoms with Crippen molar-refractivity contribution in [3.8, 4) is 0 Å². The number of unbranched alkanes of at least 4 members (excludes halogenated alkanes) is 4. The summed E-state index contributed by atoms with van der Waals surface area (Å²) in [6, 6.07) is 10.6. The lowest BCUT2D eigenvalue weighted by Crippen LogP contribution is -2.54. The van der Waals surface area contributed by atoms with Crippen molar-refractivity contribution in [3.63, 3.8) is 0 Å². The van der Waals surface area contributed by atoms with Crippen molar-refractivity contribution < 1.29 is 4.79 Å². The highest BCUT2D eigenvalue weighted by molar-refractivity contribution is 7.09. The number of benzene rings is 1. The Morgan fingerprint density at radius 3 is 2.68 bits per heavy atom. The first-order valence-electron chi connectivity index (χ1n) is 10.6. The molecule has 0 aliphatic carbocycles. The Morgan fingerprint density at radius 2 is 1.93 bits per heavy atom. The number of piperazine rings is 1. The van der Waals surface area contributed by atoms with Gasteiger partial charge in [-0.1, -0.05) is 62.9 Å². The van der Waals surface area contributed by atoms with Gasteiger partial charge in [-0.3, -0.25) is 4.79 Å². The molecule has 0 bridgehead atoms. The molecule has 152 valence electrons. The van der Waals surface area contributed by atoms with E-state index in [0.717, 1.165) is 43.4 Å². The lowest BCUT2D eigenvalue weighted by molar-refractivity contribution is -0.133. The third-order valence-electron chi connectivity index (χ3n) is 5.37. The molecule has 1 atom stereocenters. The molecule has 1 amide bonds. The van der Waals surface area contributed by atoms with Crippen molar-refractivity contribution in [1.82, 2.24) is 14.3 Å². The van der Waals surface area contributed by atoms with Gasteiger partial charge in [-0.25, -0.2) is 4.98 Å². The average Bonchev–Trinajstić information content (AvgIpc) is 3.17. The molecule has 1 aromatic carbocycles. The minimum absolute atomic E-state index is 0.221. The first-order chi connectivity index (χ1) is 13.7. The fourth-order valence-electron chi connectivity index (χ4n) is 3.75. The lowest BCUT2D eigenvalue weighted by atomic mass is 10.1. The summed E-state index contributed by atoms with van der Waals surface area (Å²) in [5, 5.41) is 0.976. The van der Waals surface area contributed by atoms with Gasteiger partial charge >= 0.3 is 0 Å². The standard InChI is InChI=1S/C22H32N4OS/c1-3-4-5-6-10-13-21(27)26-15-14-25(17-18(26)2)22-23-20(24-28-22)16-19-11-8-7-9-12-19/h7-9,11-12,18H,3-6,10,13-17H2,1-2H3. The number of hydrogen-bond donors (Lipinski definition) is 0. The molecule has 1 unspecified atom stereocenters. The van der Waals surface area contributed by atoms with E-state index in [2.05, 4.69) is 40.2 Å². The van der Waals surface area contributed by atoms with Gasteiger partial charge in [0.15, 0.2) is 0 Å². The quantitative estimate of drug-likeness (QED) is 0.581. The zero-order chi connectivity index (χ0) is 19.8. The fraction of sp³-hybridized carbons (Fsp3) is 0.591. The summed E-state index contributed by atoms with van der Waals surface area (Å²) in [6.45, 7) is 6.82. The Morgan fingerprint density at radius 1 is 1.14 bits per heavy atom. The van der Waals surface area contributed by atoms with Crippen LogP contribution in [0.4, 0.5) is 5.13 Å². The molecule has 6 heteroatoms. The summed E-state index contributed by atoms with van der Waals surface area (Å²) < 4.78 is 4.54. The van der Waals surface area contributed by atoms with Crippen molar-refractivity contribution in [1.29, 1.82) is 0 Å². The zero-order valence-electron chi connectivity index (χ0n) is 17.1. The molecule has 1 aliphatic heterocycles. The second kappa shape index (κ2) is 10.6. The van der Waals surface area contributed by atoms with E-state index in [1.807, 2.05) is 18.2 Å². The predicted octanol–water partition coefficient (Wildman–Crippen LogP) is 4.53. The molecular formula is C22H32N4OS. The Hall–Kier alpha value is -1.95. The third kappa shape index (κ3) is 5.77. The first-order valence-corrected chi connectivity index (χ1v) is 11.4. The number of carbonyl (C=O) groups excluding carboxylic acids is 1. The summed E-state index contributed by atoms with van der Waals surface area (Å²) in [5.74, 6) is 1.19. The van der Waals surface area contributed by atoms with Crippen LogP contribution in [0.15, 0.2) is 30.3 Å². The Balaban J connectivity index is 1.48. The Kier molecular flexibility index (Phi) is 7.83. The molecule has 5 nitrogen and oxygen atoms in total. The molecule has 0 saturated carbocycles.